The number of fused-ring (bicyclic) bond motifs is 3. The van der Waals surface area contributed by atoms with Crippen LogP contribution in [0.5, 0.6) is 0 Å². The fraction of sp³-hybridized carbons (Fsp3) is 0.621. The number of ether oxygens (including phenoxy) is 4. The third kappa shape index (κ3) is 3.73. The van der Waals surface area contributed by atoms with Gasteiger partial charge in [0.2, 0.25) is 5.78 Å². The van der Waals surface area contributed by atoms with Crippen LogP contribution in [0.25, 0.3) is 0 Å². The predicted molar refractivity (Wildman–Crippen MR) is 136 cm³/mol. The maximum atomic E-state index is 14.4. The van der Waals surface area contributed by atoms with E-state index >= 15 is 0 Å². The zero-order valence-electron chi connectivity index (χ0n) is 23.1. The van der Waals surface area contributed by atoms with Crippen LogP contribution < -0.4 is 0 Å². The summed E-state index contributed by atoms with van der Waals surface area (Å²) in [6.07, 6.45) is -3.29. The summed E-state index contributed by atoms with van der Waals surface area (Å²) in [5, 5.41) is 24.1. The number of hydrogen-bond acceptors (Lipinski definition) is 9. The van der Waals surface area contributed by atoms with Gasteiger partial charge in [-0.25, -0.2) is 4.79 Å². The second-order valence-corrected chi connectivity index (χ2v) is 11.4. The number of hydrogen-bond donors (Lipinski definition) is 2. The average Bonchev–Trinajstić information content (AvgIpc) is 2.88. The van der Waals surface area contributed by atoms with E-state index in [1.54, 1.807) is 65.0 Å². The van der Waals surface area contributed by atoms with Gasteiger partial charge in [0.15, 0.2) is 11.4 Å². The molecule has 1 aromatic carbocycles. The lowest BCUT2D eigenvalue weighted by Gasteiger charge is -2.65. The minimum atomic E-state index is -1.78. The smallest absolute Gasteiger partial charge is 0.338 e. The second kappa shape index (κ2) is 9.47. The summed E-state index contributed by atoms with van der Waals surface area (Å²) in [7, 11) is 1.37. The fourth-order valence-corrected chi connectivity index (χ4v) is 6.84. The van der Waals surface area contributed by atoms with Gasteiger partial charge in [-0.05, 0) is 38.0 Å². The van der Waals surface area contributed by atoms with Gasteiger partial charge in [-0.1, -0.05) is 39.0 Å². The Kier molecular flexibility index (Phi) is 7.04. The van der Waals surface area contributed by atoms with E-state index in [0.29, 0.717) is 5.57 Å². The number of aliphatic hydroxyl groups excluding tert-OH is 1. The molecule has 38 heavy (non-hydrogen) atoms. The molecule has 208 valence electrons. The molecule has 2 aliphatic carbocycles. The van der Waals surface area contributed by atoms with Crippen molar-refractivity contribution >= 4 is 17.7 Å². The summed E-state index contributed by atoms with van der Waals surface area (Å²) in [6, 6.07) is 8.32. The van der Waals surface area contributed by atoms with Gasteiger partial charge >= 0.3 is 11.9 Å². The van der Waals surface area contributed by atoms with Crippen molar-refractivity contribution in [2.75, 3.05) is 13.7 Å². The summed E-state index contributed by atoms with van der Waals surface area (Å²) in [6.45, 7) is 9.72. The monoisotopic (exact) mass is 530 g/mol. The van der Waals surface area contributed by atoms with E-state index in [2.05, 4.69) is 0 Å². The molecule has 0 bridgehead atoms. The van der Waals surface area contributed by atoms with Crippen LogP contribution in [0.3, 0.4) is 0 Å². The highest BCUT2D eigenvalue weighted by atomic mass is 16.6. The molecule has 0 amide bonds. The number of esters is 2. The summed E-state index contributed by atoms with van der Waals surface area (Å²) in [5.74, 6) is -2.99. The number of Topliss-reactive ketones (excluding diaryl/α,β-unsaturated/α-hetero) is 1. The lowest BCUT2D eigenvalue weighted by Crippen LogP contribution is -2.80. The highest BCUT2D eigenvalue weighted by molar-refractivity contribution is 6.00. The van der Waals surface area contributed by atoms with E-state index in [0.717, 1.165) is 0 Å². The largest absolute Gasteiger partial charge is 0.493 e. The Bertz CT molecular complexity index is 1160. The van der Waals surface area contributed by atoms with Gasteiger partial charge in [0, 0.05) is 18.8 Å². The first-order valence-electron chi connectivity index (χ1n) is 13.0. The summed E-state index contributed by atoms with van der Waals surface area (Å²) in [5.41, 5.74) is -5.31. The Balaban J connectivity index is 2.06. The summed E-state index contributed by atoms with van der Waals surface area (Å²) < 4.78 is 23.5. The molecule has 0 radical (unpaired) electrons. The third-order valence-corrected chi connectivity index (χ3v) is 9.51. The first kappa shape index (κ1) is 28.3. The van der Waals surface area contributed by atoms with E-state index < -0.39 is 64.0 Å². The molecule has 0 aromatic heterocycles. The number of carbonyl (C=O) groups excluding carboxylic acids is 3. The van der Waals surface area contributed by atoms with Gasteiger partial charge in [0.25, 0.3) is 0 Å². The topological polar surface area (TPSA) is 129 Å². The van der Waals surface area contributed by atoms with Gasteiger partial charge < -0.3 is 29.2 Å². The number of rotatable bonds is 5. The van der Waals surface area contributed by atoms with E-state index in [1.807, 2.05) is 0 Å². The molecule has 1 saturated carbocycles. The van der Waals surface area contributed by atoms with Crippen LogP contribution in [0.2, 0.25) is 0 Å². The van der Waals surface area contributed by atoms with Crippen molar-refractivity contribution in [3.8, 4) is 0 Å². The first-order valence-corrected chi connectivity index (χ1v) is 13.0. The molecule has 0 spiro atoms. The van der Waals surface area contributed by atoms with Crippen LogP contribution in [-0.4, -0.2) is 71.2 Å². The number of ketones is 1. The van der Waals surface area contributed by atoms with Crippen LogP contribution >= 0.6 is 0 Å². The quantitative estimate of drug-likeness (QED) is 0.552. The highest BCUT2D eigenvalue weighted by Crippen LogP contribution is 2.62. The predicted octanol–water partition coefficient (Wildman–Crippen LogP) is 2.97. The van der Waals surface area contributed by atoms with Crippen LogP contribution in [-0.2, 0) is 28.5 Å². The number of methoxy groups -OCH3 is 1. The normalized spacial score (nSPS) is 40.0. The zero-order chi connectivity index (χ0) is 28.3. The summed E-state index contributed by atoms with van der Waals surface area (Å²) in [4.78, 5) is 40.3. The molecule has 9 heteroatoms. The minimum Gasteiger partial charge on any atom is -0.493 e. The van der Waals surface area contributed by atoms with Gasteiger partial charge in [-0.15, -0.1) is 0 Å². The molecule has 1 saturated heterocycles. The molecule has 4 rings (SSSR count). The Morgan fingerprint density at radius 2 is 1.79 bits per heavy atom. The van der Waals surface area contributed by atoms with Crippen molar-refractivity contribution in [2.24, 2.45) is 16.7 Å². The average molecular weight is 531 g/mol. The molecule has 7 unspecified atom stereocenters. The SMILES string of the molecule is CCC1(O)C(OC(=O)c2ccccc2)C2C3(OC(C)=O)COC3CC(O)C2(C)C(=O)/C(OC)=C(/C)C1(C)C. The lowest BCUT2D eigenvalue weighted by molar-refractivity contribution is -0.342. The lowest BCUT2D eigenvalue weighted by atomic mass is 9.47. The molecule has 2 fully saturated rings. The van der Waals surface area contributed by atoms with Crippen molar-refractivity contribution in [1.29, 1.82) is 0 Å². The van der Waals surface area contributed by atoms with Gasteiger partial charge in [0.1, 0.15) is 17.8 Å². The van der Waals surface area contributed by atoms with E-state index in [1.165, 1.54) is 14.0 Å². The maximum Gasteiger partial charge on any atom is 0.338 e. The molecule has 3 aliphatic rings. The molecular weight excluding hydrogens is 492 g/mol. The van der Waals surface area contributed by atoms with E-state index in [-0.39, 0.29) is 30.8 Å². The number of allylic oxidation sites excluding steroid dienone is 1. The van der Waals surface area contributed by atoms with Crippen molar-refractivity contribution in [3.63, 3.8) is 0 Å². The Hall–Kier alpha value is -2.75. The standard InChI is InChI=1S/C29H38O9/c1-8-29(34)24(37-25(33)18-12-10-9-11-13-18)22-27(6,23(32)21(35-7)16(2)26(29,4)5)19(31)14-20-28(22,15-36-20)38-17(3)30/h9-13,19-20,22,24,31,34H,8,14-15H2,1-7H3/b21-16+. The van der Waals surface area contributed by atoms with E-state index in [4.69, 9.17) is 18.9 Å². The van der Waals surface area contributed by atoms with Gasteiger partial charge in [-0.3, -0.25) is 9.59 Å². The molecule has 7 atom stereocenters. The van der Waals surface area contributed by atoms with Crippen LogP contribution in [0.1, 0.15) is 64.7 Å². The molecule has 1 heterocycles. The fourth-order valence-electron chi connectivity index (χ4n) is 6.84. The van der Waals surface area contributed by atoms with Gasteiger partial charge in [0.05, 0.1) is 36.7 Å². The maximum absolute atomic E-state index is 14.4. The summed E-state index contributed by atoms with van der Waals surface area (Å²) >= 11 is 0. The van der Waals surface area contributed by atoms with Crippen LogP contribution in [0, 0.1) is 16.7 Å². The minimum absolute atomic E-state index is 0.00929. The number of benzene rings is 1. The Morgan fingerprint density at radius 3 is 2.29 bits per heavy atom. The van der Waals surface area contributed by atoms with Crippen molar-refractivity contribution in [1.82, 2.24) is 0 Å². The molecule has 1 aromatic rings. The molecular formula is C29H38O9. The molecule has 1 aliphatic heterocycles. The Labute approximate surface area is 223 Å². The highest BCUT2D eigenvalue weighted by Gasteiger charge is 2.76. The van der Waals surface area contributed by atoms with Crippen molar-refractivity contribution in [3.05, 3.63) is 47.2 Å². The number of carbonyl (C=O) groups is 3. The number of aliphatic hydroxyl groups is 2. The second-order valence-electron chi connectivity index (χ2n) is 11.4. The van der Waals surface area contributed by atoms with Crippen molar-refractivity contribution < 1.29 is 43.5 Å². The van der Waals surface area contributed by atoms with Crippen LogP contribution in [0.15, 0.2) is 41.7 Å². The molecule has 2 N–H and O–H groups in total. The zero-order valence-corrected chi connectivity index (χ0v) is 23.1. The van der Waals surface area contributed by atoms with E-state index in [9.17, 15) is 24.6 Å². The first-order chi connectivity index (χ1) is 17.7. The third-order valence-electron chi connectivity index (χ3n) is 9.51. The Morgan fingerprint density at radius 1 is 1.16 bits per heavy atom. The van der Waals surface area contributed by atoms with Crippen molar-refractivity contribution in [2.45, 2.75) is 83.9 Å². The molecule has 9 nitrogen and oxygen atoms in total. The van der Waals surface area contributed by atoms with Crippen LogP contribution in [0.4, 0.5) is 0 Å². The van der Waals surface area contributed by atoms with Gasteiger partial charge in [-0.2, -0.15) is 0 Å².